The average Bonchev–Trinajstić information content (AvgIpc) is 2.86. The third-order valence-electron chi connectivity index (χ3n) is 4.40. The molecule has 2 N–H and O–H groups in total. The minimum absolute atomic E-state index is 0.00614. The van der Waals surface area contributed by atoms with Gasteiger partial charge in [0.05, 0.1) is 5.92 Å². The third kappa shape index (κ3) is 3.11. The fourth-order valence-electron chi connectivity index (χ4n) is 2.88. The van der Waals surface area contributed by atoms with Gasteiger partial charge in [0, 0.05) is 17.8 Å². The Bertz CT molecular complexity index is 768. The lowest BCUT2D eigenvalue weighted by molar-refractivity contribution is -0.117. The zero-order valence-corrected chi connectivity index (χ0v) is 13.3. The van der Waals surface area contributed by atoms with E-state index in [0.717, 1.165) is 16.8 Å². The fourth-order valence-corrected chi connectivity index (χ4v) is 2.88. The van der Waals surface area contributed by atoms with Crippen LogP contribution in [0.1, 0.15) is 39.4 Å². The predicted octanol–water partition coefficient (Wildman–Crippen LogP) is 3.16. The highest BCUT2D eigenvalue weighted by Crippen LogP contribution is 2.33. The fraction of sp³-hybridized carbons (Fsp3) is 0.263. The second kappa shape index (κ2) is 6.24. The van der Waals surface area contributed by atoms with E-state index in [1.165, 1.54) is 5.56 Å². The van der Waals surface area contributed by atoms with Crippen LogP contribution in [0.3, 0.4) is 0 Å². The molecular weight excluding hydrogens is 288 g/mol. The van der Waals surface area contributed by atoms with Crippen molar-refractivity contribution in [2.45, 2.75) is 26.2 Å². The van der Waals surface area contributed by atoms with Crippen molar-refractivity contribution in [3.63, 3.8) is 0 Å². The summed E-state index contributed by atoms with van der Waals surface area (Å²) in [6.45, 7) is 4.48. The van der Waals surface area contributed by atoms with Gasteiger partial charge in [-0.25, -0.2) is 0 Å². The lowest BCUT2D eigenvalue weighted by atomic mass is 9.97. The molecule has 4 heteroatoms. The summed E-state index contributed by atoms with van der Waals surface area (Å²) >= 11 is 0. The summed E-state index contributed by atoms with van der Waals surface area (Å²) in [5, 5.41) is 5.78. The van der Waals surface area contributed by atoms with Crippen LogP contribution in [0.15, 0.2) is 42.5 Å². The Balaban J connectivity index is 1.60. The molecule has 118 valence electrons. The van der Waals surface area contributed by atoms with E-state index in [1.807, 2.05) is 56.3 Å². The van der Waals surface area contributed by atoms with Crippen molar-refractivity contribution in [1.82, 2.24) is 5.32 Å². The number of anilines is 1. The molecule has 0 aromatic heterocycles. The number of para-hydroxylation sites is 1. The molecule has 3 rings (SSSR count). The Hall–Kier alpha value is -2.62. The molecule has 0 aliphatic carbocycles. The van der Waals surface area contributed by atoms with E-state index in [2.05, 4.69) is 10.6 Å². The smallest absolute Gasteiger partial charge is 0.251 e. The number of aryl methyl sites for hydroxylation is 2. The van der Waals surface area contributed by atoms with Gasteiger partial charge in [0.15, 0.2) is 0 Å². The van der Waals surface area contributed by atoms with Crippen molar-refractivity contribution >= 4 is 17.5 Å². The summed E-state index contributed by atoms with van der Waals surface area (Å²) in [4.78, 5) is 24.2. The van der Waals surface area contributed by atoms with Crippen LogP contribution >= 0.6 is 0 Å². The second-order valence-electron chi connectivity index (χ2n) is 5.97. The number of nitrogens with one attached hydrogen (secondary N) is 2. The molecule has 1 unspecified atom stereocenters. The summed E-state index contributed by atoms with van der Waals surface area (Å²) in [6.07, 6.45) is 0.597. The molecule has 1 aliphatic rings. The summed E-state index contributed by atoms with van der Waals surface area (Å²) < 4.78 is 0. The topological polar surface area (TPSA) is 58.2 Å². The normalized spacial score (nSPS) is 15.9. The van der Waals surface area contributed by atoms with Gasteiger partial charge < -0.3 is 10.6 Å². The highest BCUT2D eigenvalue weighted by atomic mass is 16.2. The SMILES string of the molecule is Cc1ccc(C(=O)NCCC2C(=O)Nc3ccccc32)cc1C. The number of hydrogen-bond donors (Lipinski definition) is 2. The summed E-state index contributed by atoms with van der Waals surface area (Å²) in [5.41, 5.74) is 4.81. The molecular formula is C19H20N2O2. The zero-order valence-electron chi connectivity index (χ0n) is 13.3. The Morgan fingerprint density at radius 3 is 2.70 bits per heavy atom. The van der Waals surface area contributed by atoms with Crippen LogP contribution in [0.5, 0.6) is 0 Å². The molecule has 2 aromatic rings. The second-order valence-corrected chi connectivity index (χ2v) is 5.97. The van der Waals surface area contributed by atoms with Crippen molar-refractivity contribution < 1.29 is 9.59 Å². The van der Waals surface area contributed by atoms with Crippen LogP contribution in [0.2, 0.25) is 0 Å². The lowest BCUT2D eigenvalue weighted by Gasteiger charge is -2.10. The molecule has 1 aliphatic heterocycles. The van der Waals surface area contributed by atoms with Crippen molar-refractivity contribution in [2.24, 2.45) is 0 Å². The maximum atomic E-state index is 12.2. The van der Waals surface area contributed by atoms with Crippen LogP contribution in [0.4, 0.5) is 5.69 Å². The largest absolute Gasteiger partial charge is 0.352 e. The van der Waals surface area contributed by atoms with Crippen molar-refractivity contribution in [3.05, 3.63) is 64.7 Å². The molecule has 2 aromatic carbocycles. The van der Waals surface area contributed by atoms with Crippen molar-refractivity contribution in [1.29, 1.82) is 0 Å². The van der Waals surface area contributed by atoms with Crippen molar-refractivity contribution in [3.8, 4) is 0 Å². The standard InChI is InChI=1S/C19H20N2O2/c1-12-7-8-14(11-13(12)2)18(22)20-10-9-16-15-5-3-4-6-17(15)21-19(16)23/h3-8,11,16H,9-10H2,1-2H3,(H,20,22)(H,21,23). The molecule has 1 heterocycles. The first-order valence-electron chi connectivity index (χ1n) is 7.81. The highest BCUT2D eigenvalue weighted by Gasteiger charge is 2.29. The molecule has 1 atom stereocenters. The summed E-state index contributed by atoms with van der Waals surface area (Å²) in [7, 11) is 0. The molecule has 0 bridgehead atoms. The summed E-state index contributed by atoms with van der Waals surface area (Å²) in [5.74, 6) is -0.280. The number of carbonyl (C=O) groups is 2. The number of hydrogen-bond acceptors (Lipinski definition) is 2. The van der Waals surface area contributed by atoms with Gasteiger partial charge in [-0.15, -0.1) is 0 Å². The van der Waals surface area contributed by atoms with Gasteiger partial charge in [0.1, 0.15) is 0 Å². The molecule has 0 spiro atoms. The number of rotatable bonds is 4. The molecule has 2 amide bonds. The first kappa shape index (κ1) is 15.3. The highest BCUT2D eigenvalue weighted by molar-refractivity contribution is 6.02. The van der Waals surface area contributed by atoms with Crippen LogP contribution in [0, 0.1) is 13.8 Å². The van der Waals surface area contributed by atoms with Gasteiger partial charge in [0.2, 0.25) is 5.91 Å². The Labute approximate surface area is 135 Å². The van der Waals surface area contributed by atoms with E-state index in [9.17, 15) is 9.59 Å². The summed E-state index contributed by atoms with van der Waals surface area (Å²) in [6, 6.07) is 13.4. The van der Waals surface area contributed by atoms with Crippen molar-refractivity contribution in [2.75, 3.05) is 11.9 Å². The number of benzene rings is 2. The van der Waals surface area contributed by atoms with Gasteiger partial charge >= 0.3 is 0 Å². The zero-order chi connectivity index (χ0) is 16.4. The molecule has 4 nitrogen and oxygen atoms in total. The van der Waals surface area contributed by atoms with Crippen LogP contribution < -0.4 is 10.6 Å². The predicted molar refractivity (Wildman–Crippen MR) is 90.7 cm³/mol. The molecule has 0 radical (unpaired) electrons. The molecule has 0 fully saturated rings. The Morgan fingerprint density at radius 2 is 1.91 bits per heavy atom. The van der Waals surface area contributed by atoms with Crippen LogP contribution in [-0.4, -0.2) is 18.4 Å². The van der Waals surface area contributed by atoms with E-state index in [1.54, 1.807) is 0 Å². The van der Waals surface area contributed by atoms with E-state index < -0.39 is 0 Å². The monoisotopic (exact) mass is 308 g/mol. The quantitative estimate of drug-likeness (QED) is 0.911. The number of carbonyl (C=O) groups excluding carboxylic acids is 2. The molecule has 0 saturated heterocycles. The number of fused-ring (bicyclic) bond motifs is 1. The minimum atomic E-state index is -0.189. The Morgan fingerprint density at radius 1 is 1.13 bits per heavy atom. The van der Waals surface area contributed by atoms with Gasteiger partial charge in [-0.3, -0.25) is 9.59 Å². The van der Waals surface area contributed by atoms with Gasteiger partial charge in [-0.1, -0.05) is 24.3 Å². The molecule has 0 saturated carbocycles. The van der Waals surface area contributed by atoms with E-state index in [-0.39, 0.29) is 17.7 Å². The van der Waals surface area contributed by atoms with Gasteiger partial charge in [-0.05, 0) is 55.2 Å². The molecule has 23 heavy (non-hydrogen) atoms. The van der Waals surface area contributed by atoms with E-state index >= 15 is 0 Å². The first-order valence-corrected chi connectivity index (χ1v) is 7.81. The first-order chi connectivity index (χ1) is 11.1. The maximum absolute atomic E-state index is 12.2. The minimum Gasteiger partial charge on any atom is -0.352 e. The maximum Gasteiger partial charge on any atom is 0.251 e. The average molecular weight is 308 g/mol. The lowest BCUT2D eigenvalue weighted by Crippen LogP contribution is -2.27. The third-order valence-corrected chi connectivity index (χ3v) is 4.40. The van der Waals surface area contributed by atoms with E-state index in [0.29, 0.717) is 18.5 Å². The van der Waals surface area contributed by atoms with Crippen LogP contribution in [0.25, 0.3) is 0 Å². The van der Waals surface area contributed by atoms with Gasteiger partial charge in [0.25, 0.3) is 5.91 Å². The number of amides is 2. The van der Waals surface area contributed by atoms with Gasteiger partial charge in [-0.2, -0.15) is 0 Å². The Kier molecular flexibility index (Phi) is 4.15. The van der Waals surface area contributed by atoms with Crippen LogP contribution in [-0.2, 0) is 4.79 Å². The van der Waals surface area contributed by atoms with E-state index in [4.69, 9.17) is 0 Å².